The Hall–Kier alpha value is -1.95. The zero-order valence-electron chi connectivity index (χ0n) is 11.7. The second kappa shape index (κ2) is 5.81. The van der Waals surface area contributed by atoms with Gasteiger partial charge in [-0.1, -0.05) is 0 Å². The number of amides is 1. The largest absolute Gasteiger partial charge is 0.497 e. The molecule has 5 nitrogen and oxygen atoms in total. The number of nitrogens with one attached hydrogen (secondary N) is 1. The third-order valence-corrected chi connectivity index (χ3v) is 4.22. The molecule has 0 aliphatic carbocycles. The van der Waals surface area contributed by atoms with Crippen LogP contribution in [0, 0.1) is 5.92 Å². The summed E-state index contributed by atoms with van der Waals surface area (Å²) in [6.07, 6.45) is 0.550. The standard InChI is InChI=1S/C15H17N3O2S/c1-20-12-4-2-11(3-5-12)13-7-14(17-16-13)18-8-10(9-21)6-15(18)19/h2-5,7,10,21H,6,8-9H2,1H3,(H,16,17). The normalized spacial score (nSPS) is 18.3. The maximum atomic E-state index is 12.0. The molecule has 1 unspecified atom stereocenters. The number of aromatic amines is 1. The summed E-state index contributed by atoms with van der Waals surface area (Å²) in [6, 6.07) is 9.61. The predicted octanol–water partition coefficient (Wildman–Crippen LogP) is 2.37. The lowest BCUT2D eigenvalue weighted by molar-refractivity contribution is -0.117. The molecule has 1 aromatic carbocycles. The Morgan fingerprint density at radius 2 is 2.19 bits per heavy atom. The van der Waals surface area contributed by atoms with E-state index in [0.717, 1.165) is 22.8 Å². The number of rotatable bonds is 4. The molecule has 110 valence electrons. The van der Waals surface area contributed by atoms with Crippen LogP contribution in [0.25, 0.3) is 11.3 Å². The van der Waals surface area contributed by atoms with Gasteiger partial charge in [-0.3, -0.25) is 14.8 Å². The summed E-state index contributed by atoms with van der Waals surface area (Å²) >= 11 is 4.27. The second-order valence-electron chi connectivity index (χ2n) is 5.13. The Balaban J connectivity index is 1.81. The van der Waals surface area contributed by atoms with Crippen LogP contribution in [0.2, 0.25) is 0 Å². The van der Waals surface area contributed by atoms with Crippen LogP contribution >= 0.6 is 12.6 Å². The lowest BCUT2D eigenvalue weighted by atomic mass is 10.1. The smallest absolute Gasteiger partial charge is 0.228 e. The van der Waals surface area contributed by atoms with Crippen LogP contribution < -0.4 is 9.64 Å². The van der Waals surface area contributed by atoms with Crippen molar-refractivity contribution >= 4 is 24.4 Å². The van der Waals surface area contributed by atoms with E-state index in [4.69, 9.17) is 4.74 Å². The van der Waals surface area contributed by atoms with Gasteiger partial charge in [-0.15, -0.1) is 0 Å². The number of hydrogen-bond donors (Lipinski definition) is 2. The van der Waals surface area contributed by atoms with E-state index in [-0.39, 0.29) is 5.91 Å². The SMILES string of the molecule is COc1ccc(-c2cc(N3CC(CS)CC3=O)n[nH]2)cc1. The molecule has 21 heavy (non-hydrogen) atoms. The number of methoxy groups -OCH3 is 1. The zero-order chi connectivity index (χ0) is 14.8. The molecule has 1 saturated heterocycles. The van der Waals surface area contributed by atoms with Gasteiger partial charge >= 0.3 is 0 Å². The van der Waals surface area contributed by atoms with Gasteiger partial charge in [-0.25, -0.2) is 0 Å². The van der Waals surface area contributed by atoms with Gasteiger partial charge in [-0.05, 0) is 41.5 Å². The van der Waals surface area contributed by atoms with Gasteiger partial charge in [0, 0.05) is 19.0 Å². The maximum absolute atomic E-state index is 12.0. The van der Waals surface area contributed by atoms with Gasteiger partial charge in [0.25, 0.3) is 0 Å². The van der Waals surface area contributed by atoms with Crippen molar-refractivity contribution in [1.29, 1.82) is 0 Å². The van der Waals surface area contributed by atoms with E-state index in [1.807, 2.05) is 30.3 Å². The lowest BCUT2D eigenvalue weighted by Crippen LogP contribution is -2.24. The van der Waals surface area contributed by atoms with Crippen LogP contribution in [-0.2, 0) is 4.79 Å². The highest BCUT2D eigenvalue weighted by atomic mass is 32.1. The fourth-order valence-electron chi connectivity index (χ4n) is 2.49. The minimum Gasteiger partial charge on any atom is -0.497 e. The molecule has 2 aromatic rings. The number of carbonyl (C=O) groups is 1. The topological polar surface area (TPSA) is 58.2 Å². The fraction of sp³-hybridized carbons (Fsp3) is 0.333. The van der Waals surface area contributed by atoms with E-state index in [9.17, 15) is 4.79 Å². The third-order valence-electron chi connectivity index (χ3n) is 3.71. The van der Waals surface area contributed by atoms with E-state index in [1.165, 1.54) is 0 Å². The molecule has 1 fully saturated rings. The van der Waals surface area contributed by atoms with E-state index >= 15 is 0 Å². The zero-order valence-corrected chi connectivity index (χ0v) is 12.6. The van der Waals surface area contributed by atoms with Crippen LogP contribution in [0.15, 0.2) is 30.3 Å². The Labute approximate surface area is 128 Å². The highest BCUT2D eigenvalue weighted by Gasteiger charge is 2.31. The summed E-state index contributed by atoms with van der Waals surface area (Å²) in [5, 5.41) is 7.25. The van der Waals surface area contributed by atoms with Crippen molar-refractivity contribution in [2.24, 2.45) is 5.92 Å². The predicted molar refractivity (Wildman–Crippen MR) is 84.9 cm³/mol. The minimum absolute atomic E-state index is 0.113. The molecule has 1 aliphatic heterocycles. The van der Waals surface area contributed by atoms with Crippen LogP contribution in [0.4, 0.5) is 5.82 Å². The summed E-state index contributed by atoms with van der Waals surface area (Å²) < 4.78 is 5.14. The van der Waals surface area contributed by atoms with Crippen LogP contribution in [0.5, 0.6) is 5.75 Å². The highest BCUT2D eigenvalue weighted by Crippen LogP contribution is 2.28. The molecular weight excluding hydrogens is 286 g/mol. The Kier molecular flexibility index (Phi) is 3.88. The first kappa shape index (κ1) is 14.0. The monoisotopic (exact) mass is 303 g/mol. The van der Waals surface area contributed by atoms with Crippen molar-refractivity contribution < 1.29 is 9.53 Å². The van der Waals surface area contributed by atoms with Crippen molar-refractivity contribution in [2.75, 3.05) is 24.3 Å². The van der Waals surface area contributed by atoms with Crippen LogP contribution in [0.1, 0.15) is 6.42 Å². The van der Waals surface area contributed by atoms with Gasteiger partial charge in [0.05, 0.1) is 12.8 Å². The van der Waals surface area contributed by atoms with Gasteiger partial charge < -0.3 is 4.74 Å². The molecule has 0 radical (unpaired) electrons. The van der Waals surface area contributed by atoms with E-state index in [0.29, 0.717) is 24.7 Å². The van der Waals surface area contributed by atoms with E-state index in [1.54, 1.807) is 12.0 Å². The summed E-state index contributed by atoms with van der Waals surface area (Å²) in [5.41, 5.74) is 1.89. The number of thiol groups is 1. The van der Waals surface area contributed by atoms with E-state index < -0.39 is 0 Å². The molecule has 1 N–H and O–H groups in total. The molecule has 1 atom stereocenters. The minimum atomic E-state index is 0.113. The molecular formula is C15H17N3O2S. The van der Waals surface area contributed by atoms with Crippen molar-refractivity contribution in [3.63, 3.8) is 0 Å². The highest BCUT2D eigenvalue weighted by molar-refractivity contribution is 7.80. The van der Waals surface area contributed by atoms with Crippen molar-refractivity contribution in [3.05, 3.63) is 30.3 Å². The summed E-state index contributed by atoms with van der Waals surface area (Å²) in [7, 11) is 1.64. The number of benzene rings is 1. The number of hydrogen-bond acceptors (Lipinski definition) is 4. The molecule has 6 heteroatoms. The van der Waals surface area contributed by atoms with Crippen LogP contribution in [-0.4, -0.2) is 35.5 Å². The van der Waals surface area contributed by atoms with Gasteiger partial charge in [-0.2, -0.15) is 17.7 Å². The number of H-pyrrole nitrogens is 1. The third kappa shape index (κ3) is 2.76. The van der Waals surface area contributed by atoms with E-state index in [2.05, 4.69) is 22.8 Å². The Morgan fingerprint density at radius 3 is 2.81 bits per heavy atom. The average molecular weight is 303 g/mol. The van der Waals surface area contributed by atoms with Crippen molar-refractivity contribution in [3.8, 4) is 17.0 Å². The summed E-state index contributed by atoms with van der Waals surface area (Å²) in [6.45, 7) is 0.690. The molecule has 1 aliphatic rings. The number of anilines is 1. The second-order valence-corrected chi connectivity index (χ2v) is 5.49. The molecule has 2 heterocycles. The number of aromatic nitrogens is 2. The molecule has 3 rings (SSSR count). The summed E-state index contributed by atoms with van der Waals surface area (Å²) in [5.74, 6) is 2.63. The summed E-state index contributed by atoms with van der Waals surface area (Å²) in [4.78, 5) is 13.7. The molecule has 1 amide bonds. The van der Waals surface area contributed by atoms with Crippen molar-refractivity contribution in [1.82, 2.24) is 10.2 Å². The van der Waals surface area contributed by atoms with Gasteiger partial charge in [0.1, 0.15) is 5.75 Å². The molecule has 0 saturated carbocycles. The quantitative estimate of drug-likeness (QED) is 0.853. The number of carbonyl (C=O) groups excluding carboxylic acids is 1. The molecule has 0 bridgehead atoms. The lowest BCUT2D eigenvalue weighted by Gasteiger charge is -2.12. The first-order valence-corrected chi connectivity index (χ1v) is 7.45. The first-order valence-electron chi connectivity index (χ1n) is 6.82. The Bertz CT molecular complexity index is 639. The maximum Gasteiger partial charge on any atom is 0.228 e. The average Bonchev–Trinajstić information content (AvgIpc) is 3.13. The fourth-order valence-corrected chi connectivity index (χ4v) is 2.74. The molecule has 0 spiro atoms. The Morgan fingerprint density at radius 1 is 1.43 bits per heavy atom. The van der Waals surface area contributed by atoms with Gasteiger partial charge in [0.2, 0.25) is 5.91 Å². The van der Waals surface area contributed by atoms with Crippen LogP contribution in [0.3, 0.4) is 0 Å². The molecule has 1 aromatic heterocycles. The number of nitrogens with zero attached hydrogens (tertiary/aromatic N) is 2. The van der Waals surface area contributed by atoms with Gasteiger partial charge in [0.15, 0.2) is 5.82 Å². The van der Waals surface area contributed by atoms with Crippen molar-refractivity contribution in [2.45, 2.75) is 6.42 Å². The number of ether oxygens (including phenoxy) is 1. The first-order chi connectivity index (χ1) is 10.2.